The number of hydrogen-bond donors (Lipinski definition) is 0. The number of carbonyl (C=O) groups is 3. The van der Waals surface area contributed by atoms with Crippen molar-refractivity contribution in [2.24, 2.45) is 0 Å². The Morgan fingerprint density at radius 1 is 1.03 bits per heavy atom. The van der Waals surface area contributed by atoms with Crippen LogP contribution in [0.4, 0.5) is 4.79 Å². The second-order valence-electron chi connectivity index (χ2n) is 7.78. The molecular weight excluding hydrogens is 406 g/mol. The molecule has 0 N–H and O–H groups in total. The van der Waals surface area contributed by atoms with Crippen molar-refractivity contribution >= 4 is 28.7 Å². The minimum absolute atomic E-state index is 0.170. The number of rotatable bonds is 5. The SMILES string of the molecule is COC(=O)CN1C(=O)N(Cc2ccc3ccccc3c2)C(C)(c2ccc(C#N)cc2)C1=O. The van der Waals surface area contributed by atoms with E-state index in [1.807, 2.05) is 42.5 Å². The molecule has 0 aromatic heterocycles. The van der Waals surface area contributed by atoms with Gasteiger partial charge in [0.1, 0.15) is 12.1 Å². The average Bonchev–Trinajstić information content (AvgIpc) is 3.00. The fourth-order valence-electron chi connectivity index (χ4n) is 4.03. The lowest BCUT2D eigenvalue weighted by atomic mass is 9.89. The first kappa shape index (κ1) is 21.1. The molecule has 1 aliphatic rings. The lowest BCUT2D eigenvalue weighted by Crippen LogP contribution is -2.44. The maximum atomic E-state index is 13.4. The van der Waals surface area contributed by atoms with Gasteiger partial charge in [-0.3, -0.25) is 14.5 Å². The molecule has 0 spiro atoms. The van der Waals surface area contributed by atoms with E-state index in [0.29, 0.717) is 11.1 Å². The van der Waals surface area contributed by atoms with Gasteiger partial charge in [-0.15, -0.1) is 0 Å². The largest absolute Gasteiger partial charge is 0.468 e. The molecular formula is C25H21N3O4. The maximum absolute atomic E-state index is 13.4. The van der Waals surface area contributed by atoms with Gasteiger partial charge in [0.25, 0.3) is 5.91 Å². The highest BCUT2D eigenvalue weighted by molar-refractivity contribution is 6.08. The molecule has 3 amide bonds. The highest BCUT2D eigenvalue weighted by Crippen LogP contribution is 2.38. The molecule has 1 aliphatic heterocycles. The van der Waals surface area contributed by atoms with Crippen LogP contribution in [-0.2, 0) is 26.4 Å². The van der Waals surface area contributed by atoms with Crippen molar-refractivity contribution in [1.29, 1.82) is 5.26 Å². The molecule has 1 unspecified atom stereocenters. The standard InChI is InChI=1S/C25H21N3O4/c1-25(21-11-8-17(14-26)9-12-21)23(30)27(16-22(29)32-2)24(31)28(25)15-18-7-10-19-5-3-4-6-20(19)13-18/h3-13H,15-16H2,1-2H3. The zero-order valence-corrected chi connectivity index (χ0v) is 17.7. The summed E-state index contributed by atoms with van der Waals surface area (Å²) in [6.07, 6.45) is 0. The molecule has 0 saturated carbocycles. The van der Waals surface area contributed by atoms with Gasteiger partial charge in [0.05, 0.1) is 18.7 Å². The molecule has 7 nitrogen and oxygen atoms in total. The molecule has 1 heterocycles. The Balaban J connectivity index is 1.77. The van der Waals surface area contributed by atoms with Crippen molar-refractivity contribution in [2.45, 2.75) is 19.0 Å². The number of nitrogens with zero attached hydrogens (tertiary/aromatic N) is 3. The Morgan fingerprint density at radius 2 is 1.72 bits per heavy atom. The number of urea groups is 1. The third kappa shape index (κ3) is 3.46. The summed E-state index contributed by atoms with van der Waals surface area (Å²) in [6, 6.07) is 21.8. The van der Waals surface area contributed by atoms with Crippen molar-refractivity contribution in [1.82, 2.24) is 9.80 Å². The fraction of sp³-hybridized carbons (Fsp3) is 0.200. The number of nitriles is 1. The van der Waals surface area contributed by atoms with E-state index in [1.54, 1.807) is 31.2 Å². The molecule has 1 fully saturated rings. The monoisotopic (exact) mass is 427 g/mol. The van der Waals surface area contributed by atoms with E-state index in [4.69, 9.17) is 5.26 Å². The minimum Gasteiger partial charge on any atom is -0.468 e. The third-order valence-electron chi connectivity index (χ3n) is 5.91. The Labute approximate surface area is 185 Å². The van der Waals surface area contributed by atoms with Crippen LogP contribution in [0, 0.1) is 11.3 Å². The van der Waals surface area contributed by atoms with Gasteiger partial charge >= 0.3 is 12.0 Å². The number of methoxy groups -OCH3 is 1. The van der Waals surface area contributed by atoms with Gasteiger partial charge in [0.2, 0.25) is 0 Å². The van der Waals surface area contributed by atoms with Gasteiger partial charge in [-0.1, -0.05) is 48.5 Å². The topological polar surface area (TPSA) is 90.7 Å². The van der Waals surface area contributed by atoms with Crippen LogP contribution in [0.3, 0.4) is 0 Å². The number of carbonyl (C=O) groups excluding carboxylic acids is 3. The third-order valence-corrected chi connectivity index (χ3v) is 5.91. The van der Waals surface area contributed by atoms with E-state index in [-0.39, 0.29) is 6.54 Å². The molecule has 3 aromatic carbocycles. The second-order valence-corrected chi connectivity index (χ2v) is 7.78. The van der Waals surface area contributed by atoms with Gasteiger partial charge in [-0.05, 0) is 47.0 Å². The zero-order chi connectivity index (χ0) is 22.9. The molecule has 4 rings (SSSR count). The van der Waals surface area contributed by atoms with Gasteiger partial charge in [-0.25, -0.2) is 4.79 Å². The highest BCUT2D eigenvalue weighted by Gasteiger charge is 2.55. The first-order valence-electron chi connectivity index (χ1n) is 10.1. The summed E-state index contributed by atoms with van der Waals surface area (Å²) >= 11 is 0. The molecule has 1 atom stereocenters. The summed E-state index contributed by atoms with van der Waals surface area (Å²) in [5.74, 6) is -1.19. The van der Waals surface area contributed by atoms with Crippen molar-refractivity contribution in [3.05, 3.63) is 83.4 Å². The van der Waals surface area contributed by atoms with Gasteiger partial charge in [-0.2, -0.15) is 5.26 Å². The number of fused-ring (bicyclic) bond motifs is 1. The van der Waals surface area contributed by atoms with Crippen LogP contribution in [0.5, 0.6) is 0 Å². The van der Waals surface area contributed by atoms with Gasteiger partial charge < -0.3 is 9.64 Å². The van der Waals surface area contributed by atoms with Crippen LogP contribution in [0.1, 0.15) is 23.6 Å². The van der Waals surface area contributed by atoms with Crippen LogP contribution in [-0.4, -0.2) is 41.4 Å². The lowest BCUT2D eigenvalue weighted by Gasteiger charge is -2.32. The number of esters is 1. The number of imide groups is 1. The molecule has 0 bridgehead atoms. The van der Waals surface area contributed by atoms with Crippen molar-refractivity contribution in [3.63, 3.8) is 0 Å². The Bertz CT molecular complexity index is 1260. The first-order valence-corrected chi connectivity index (χ1v) is 10.1. The molecule has 7 heteroatoms. The fourth-order valence-corrected chi connectivity index (χ4v) is 4.03. The maximum Gasteiger partial charge on any atom is 0.328 e. The number of benzene rings is 3. The van der Waals surface area contributed by atoms with Gasteiger partial charge in [0.15, 0.2) is 0 Å². The summed E-state index contributed by atoms with van der Waals surface area (Å²) in [4.78, 5) is 41.0. The number of hydrogen-bond acceptors (Lipinski definition) is 5. The number of amides is 3. The lowest BCUT2D eigenvalue weighted by molar-refractivity contribution is -0.145. The molecule has 1 saturated heterocycles. The molecule has 160 valence electrons. The zero-order valence-electron chi connectivity index (χ0n) is 17.7. The van der Waals surface area contributed by atoms with Gasteiger partial charge in [0, 0.05) is 6.54 Å². The Hall–Kier alpha value is -4.18. The van der Waals surface area contributed by atoms with Crippen LogP contribution < -0.4 is 0 Å². The number of ether oxygens (including phenoxy) is 1. The summed E-state index contributed by atoms with van der Waals surface area (Å²) in [5, 5.41) is 11.2. The quantitative estimate of drug-likeness (QED) is 0.459. The first-order chi connectivity index (χ1) is 15.4. The molecule has 3 aromatic rings. The van der Waals surface area contributed by atoms with Crippen LogP contribution in [0.2, 0.25) is 0 Å². The molecule has 0 radical (unpaired) electrons. The van der Waals surface area contributed by atoms with E-state index in [9.17, 15) is 14.4 Å². The smallest absolute Gasteiger partial charge is 0.328 e. The Kier molecular flexibility index (Phi) is 5.37. The van der Waals surface area contributed by atoms with Crippen LogP contribution in [0.25, 0.3) is 10.8 Å². The summed E-state index contributed by atoms with van der Waals surface area (Å²) < 4.78 is 4.68. The highest BCUT2D eigenvalue weighted by atomic mass is 16.5. The minimum atomic E-state index is -1.34. The van der Waals surface area contributed by atoms with Crippen molar-refractivity contribution in [2.75, 3.05) is 13.7 Å². The average molecular weight is 427 g/mol. The Morgan fingerprint density at radius 3 is 2.38 bits per heavy atom. The summed E-state index contributed by atoms with van der Waals surface area (Å²) in [7, 11) is 1.21. The van der Waals surface area contributed by atoms with Crippen LogP contribution in [0.15, 0.2) is 66.7 Å². The predicted molar refractivity (Wildman–Crippen MR) is 117 cm³/mol. The van der Waals surface area contributed by atoms with Crippen LogP contribution >= 0.6 is 0 Å². The van der Waals surface area contributed by atoms with Crippen molar-refractivity contribution < 1.29 is 19.1 Å². The second kappa shape index (κ2) is 8.16. The summed E-state index contributed by atoms with van der Waals surface area (Å²) in [6.45, 7) is 1.37. The molecule has 32 heavy (non-hydrogen) atoms. The normalized spacial score (nSPS) is 18.2. The van der Waals surface area contributed by atoms with E-state index in [0.717, 1.165) is 21.2 Å². The van der Waals surface area contributed by atoms with E-state index in [1.165, 1.54) is 12.0 Å². The van der Waals surface area contributed by atoms with E-state index in [2.05, 4.69) is 10.8 Å². The molecule has 0 aliphatic carbocycles. The van der Waals surface area contributed by atoms with E-state index >= 15 is 0 Å². The van der Waals surface area contributed by atoms with E-state index < -0.39 is 30.0 Å². The van der Waals surface area contributed by atoms with Crippen molar-refractivity contribution in [3.8, 4) is 6.07 Å². The predicted octanol–water partition coefficient (Wildman–Crippen LogP) is 3.56. The summed E-state index contributed by atoms with van der Waals surface area (Å²) in [5.41, 5.74) is 0.513.